The molecule has 0 spiro atoms. The molecule has 1 aromatic heterocycles. The molecular weight excluding hydrogens is 226 g/mol. The largest absolute Gasteiger partial charge is 0.323 e. The molecule has 0 saturated carbocycles. The van der Waals surface area contributed by atoms with Crippen molar-refractivity contribution in [1.82, 2.24) is 10.3 Å². The first-order chi connectivity index (χ1) is 8.69. The van der Waals surface area contributed by atoms with Crippen LogP contribution < -0.4 is 10.6 Å². The summed E-state index contributed by atoms with van der Waals surface area (Å²) in [5.74, 6) is 0.721. The van der Waals surface area contributed by atoms with E-state index in [2.05, 4.69) is 22.5 Å². The first-order valence-electron chi connectivity index (χ1n) is 6.65. The highest BCUT2D eigenvalue weighted by molar-refractivity contribution is 5.94. The molecule has 2 atom stereocenters. The van der Waals surface area contributed by atoms with Gasteiger partial charge in [0.25, 0.3) is 0 Å². The lowest BCUT2D eigenvalue weighted by molar-refractivity contribution is -0.119. The highest BCUT2D eigenvalue weighted by Crippen LogP contribution is 2.20. The number of rotatable bonds is 3. The van der Waals surface area contributed by atoms with Crippen molar-refractivity contribution in [2.75, 3.05) is 11.9 Å². The van der Waals surface area contributed by atoms with Gasteiger partial charge in [-0.25, -0.2) is 0 Å². The second-order valence-electron chi connectivity index (χ2n) is 5.05. The molecule has 18 heavy (non-hydrogen) atoms. The van der Waals surface area contributed by atoms with Gasteiger partial charge in [0.15, 0.2) is 0 Å². The molecule has 1 aliphatic heterocycles. The molecule has 1 aliphatic rings. The van der Waals surface area contributed by atoms with E-state index in [9.17, 15) is 4.79 Å². The summed E-state index contributed by atoms with van der Waals surface area (Å²) in [5.41, 5.74) is 1.83. The predicted octanol–water partition coefficient (Wildman–Crippen LogP) is 2.11. The van der Waals surface area contributed by atoms with Crippen LogP contribution in [-0.2, 0) is 4.79 Å². The fourth-order valence-corrected chi connectivity index (χ4v) is 2.42. The van der Waals surface area contributed by atoms with Crippen molar-refractivity contribution < 1.29 is 4.79 Å². The molecule has 2 N–H and O–H groups in total. The van der Waals surface area contributed by atoms with Crippen LogP contribution in [0.1, 0.15) is 31.7 Å². The highest BCUT2D eigenvalue weighted by Gasteiger charge is 2.25. The van der Waals surface area contributed by atoms with Gasteiger partial charge in [-0.1, -0.05) is 13.3 Å². The summed E-state index contributed by atoms with van der Waals surface area (Å²) in [5, 5.41) is 6.22. The molecule has 1 amide bonds. The fourth-order valence-electron chi connectivity index (χ4n) is 2.42. The Labute approximate surface area is 108 Å². The zero-order chi connectivity index (χ0) is 13.0. The Hall–Kier alpha value is -1.42. The Kier molecular flexibility index (Phi) is 4.31. The van der Waals surface area contributed by atoms with Crippen LogP contribution in [0.15, 0.2) is 18.5 Å². The van der Waals surface area contributed by atoms with Gasteiger partial charge in [0.2, 0.25) is 5.91 Å². The van der Waals surface area contributed by atoms with E-state index in [1.165, 1.54) is 6.42 Å². The molecule has 0 aromatic carbocycles. The molecule has 1 saturated heterocycles. The first-order valence-corrected chi connectivity index (χ1v) is 6.65. The van der Waals surface area contributed by atoms with E-state index < -0.39 is 0 Å². The summed E-state index contributed by atoms with van der Waals surface area (Å²) in [6.45, 7) is 5.09. The predicted molar refractivity (Wildman–Crippen MR) is 72.4 cm³/mol. The smallest absolute Gasteiger partial charge is 0.241 e. The number of amides is 1. The number of nitrogens with zero attached hydrogens (tertiary/aromatic N) is 1. The van der Waals surface area contributed by atoms with Crippen LogP contribution in [0.4, 0.5) is 5.69 Å². The summed E-state index contributed by atoms with van der Waals surface area (Å²) >= 11 is 0. The molecule has 2 unspecified atom stereocenters. The van der Waals surface area contributed by atoms with Gasteiger partial charge in [0, 0.05) is 6.20 Å². The summed E-state index contributed by atoms with van der Waals surface area (Å²) in [6.07, 6.45) is 6.72. The molecular formula is C14H21N3O. The van der Waals surface area contributed by atoms with E-state index >= 15 is 0 Å². The maximum Gasteiger partial charge on any atom is 0.241 e. The summed E-state index contributed by atoms with van der Waals surface area (Å²) in [6, 6.07) is 1.87. The third kappa shape index (κ3) is 3.29. The van der Waals surface area contributed by atoms with Crippen molar-refractivity contribution in [3.63, 3.8) is 0 Å². The minimum Gasteiger partial charge on any atom is -0.323 e. The van der Waals surface area contributed by atoms with Gasteiger partial charge in [0.05, 0.1) is 17.9 Å². The van der Waals surface area contributed by atoms with E-state index in [-0.39, 0.29) is 11.9 Å². The number of hydrogen-bond donors (Lipinski definition) is 2. The minimum absolute atomic E-state index is 0.0561. The number of hydrogen-bond acceptors (Lipinski definition) is 3. The van der Waals surface area contributed by atoms with Crippen LogP contribution in [0.25, 0.3) is 0 Å². The molecule has 1 fully saturated rings. The average Bonchev–Trinajstić information content (AvgIpc) is 2.39. The molecule has 0 radical (unpaired) electrons. The van der Waals surface area contributed by atoms with Gasteiger partial charge < -0.3 is 10.6 Å². The van der Waals surface area contributed by atoms with Gasteiger partial charge in [-0.15, -0.1) is 0 Å². The van der Waals surface area contributed by atoms with Crippen LogP contribution >= 0.6 is 0 Å². The Morgan fingerprint density at radius 1 is 1.56 bits per heavy atom. The fraction of sp³-hybridized carbons (Fsp3) is 0.571. The zero-order valence-corrected chi connectivity index (χ0v) is 11.1. The van der Waals surface area contributed by atoms with E-state index in [1.807, 2.05) is 13.0 Å². The van der Waals surface area contributed by atoms with Crippen molar-refractivity contribution in [2.45, 2.75) is 39.2 Å². The lowest BCUT2D eigenvalue weighted by atomic mass is 9.90. The quantitative estimate of drug-likeness (QED) is 0.860. The third-order valence-electron chi connectivity index (χ3n) is 3.55. The second kappa shape index (κ2) is 5.96. The van der Waals surface area contributed by atoms with E-state index in [0.29, 0.717) is 5.92 Å². The lowest BCUT2D eigenvalue weighted by Gasteiger charge is -2.28. The zero-order valence-electron chi connectivity index (χ0n) is 11.1. The normalized spacial score (nSPS) is 23.7. The highest BCUT2D eigenvalue weighted by atomic mass is 16.2. The molecule has 0 bridgehead atoms. The Bertz CT molecular complexity index is 419. The molecule has 2 heterocycles. The molecule has 0 aliphatic carbocycles. The van der Waals surface area contributed by atoms with Gasteiger partial charge in [-0.05, 0) is 43.9 Å². The number of piperidine rings is 1. The topological polar surface area (TPSA) is 54.0 Å². The van der Waals surface area contributed by atoms with Crippen LogP contribution in [0.5, 0.6) is 0 Å². The first kappa shape index (κ1) is 13.0. The average molecular weight is 247 g/mol. The molecule has 2 rings (SSSR count). The van der Waals surface area contributed by atoms with E-state index in [1.54, 1.807) is 12.4 Å². The molecule has 1 aromatic rings. The van der Waals surface area contributed by atoms with Crippen LogP contribution in [0, 0.1) is 12.8 Å². The third-order valence-corrected chi connectivity index (χ3v) is 3.55. The number of aromatic nitrogens is 1. The Morgan fingerprint density at radius 3 is 3.11 bits per heavy atom. The number of nitrogens with one attached hydrogen (secondary N) is 2. The maximum atomic E-state index is 12.1. The Morgan fingerprint density at radius 2 is 2.39 bits per heavy atom. The summed E-state index contributed by atoms with van der Waals surface area (Å²) in [7, 11) is 0. The second-order valence-corrected chi connectivity index (χ2v) is 5.05. The standard InChI is InChI=1S/C14H21N3O/c1-3-11-4-5-16-13(7-11)14(18)17-12-6-10(2)8-15-9-12/h6,8-9,11,13,16H,3-5,7H2,1-2H3,(H,17,18). The number of anilines is 1. The molecule has 4 nitrogen and oxygen atoms in total. The van der Waals surface area contributed by atoms with E-state index in [0.717, 1.165) is 30.6 Å². The lowest BCUT2D eigenvalue weighted by Crippen LogP contribution is -2.46. The van der Waals surface area contributed by atoms with Crippen molar-refractivity contribution in [1.29, 1.82) is 0 Å². The summed E-state index contributed by atoms with van der Waals surface area (Å²) in [4.78, 5) is 16.2. The van der Waals surface area contributed by atoms with Crippen molar-refractivity contribution in [3.8, 4) is 0 Å². The molecule has 4 heteroatoms. The number of carbonyl (C=O) groups is 1. The number of pyridine rings is 1. The SMILES string of the molecule is CCC1CCNC(C(=O)Nc2cncc(C)c2)C1. The minimum atomic E-state index is -0.0655. The van der Waals surface area contributed by atoms with Gasteiger partial charge in [-0.2, -0.15) is 0 Å². The number of aryl methyl sites for hydroxylation is 1. The number of carbonyl (C=O) groups excluding carboxylic acids is 1. The van der Waals surface area contributed by atoms with Gasteiger partial charge in [0.1, 0.15) is 0 Å². The maximum absolute atomic E-state index is 12.1. The monoisotopic (exact) mass is 247 g/mol. The van der Waals surface area contributed by atoms with Gasteiger partial charge >= 0.3 is 0 Å². The summed E-state index contributed by atoms with van der Waals surface area (Å²) < 4.78 is 0. The van der Waals surface area contributed by atoms with Crippen LogP contribution in [0.3, 0.4) is 0 Å². The van der Waals surface area contributed by atoms with Crippen LogP contribution in [0.2, 0.25) is 0 Å². The van der Waals surface area contributed by atoms with E-state index in [4.69, 9.17) is 0 Å². The van der Waals surface area contributed by atoms with Crippen molar-refractivity contribution in [2.24, 2.45) is 5.92 Å². The van der Waals surface area contributed by atoms with Gasteiger partial charge in [-0.3, -0.25) is 9.78 Å². The Balaban J connectivity index is 1.95. The molecule has 98 valence electrons. The van der Waals surface area contributed by atoms with Crippen molar-refractivity contribution >= 4 is 11.6 Å². The van der Waals surface area contributed by atoms with Crippen LogP contribution in [-0.4, -0.2) is 23.5 Å². The van der Waals surface area contributed by atoms with Crippen molar-refractivity contribution in [3.05, 3.63) is 24.0 Å².